The van der Waals surface area contributed by atoms with Gasteiger partial charge in [0, 0.05) is 12.2 Å². The van der Waals surface area contributed by atoms with Crippen molar-refractivity contribution in [3.63, 3.8) is 0 Å². The number of aliphatic hydroxyl groups excluding tert-OH is 1. The van der Waals surface area contributed by atoms with E-state index in [1.165, 1.54) is 12.1 Å². The van der Waals surface area contributed by atoms with Gasteiger partial charge in [0.1, 0.15) is 17.3 Å². The molecule has 4 rings (SSSR count). The Balaban J connectivity index is 1.67. The molecule has 4 nitrogen and oxygen atoms in total. The molecule has 0 atom stereocenters. The molecule has 0 radical (unpaired) electrons. The van der Waals surface area contributed by atoms with E-state index in [1.807, 2.05) is 12.3 Å². The zero-order chi connectivity index (χ0) is 16.0. The van der Waals surface area contributed by atoms with E-state index < -0.39 is 0 Å². The molecule has 1 aromatic carbocycles. The van der Waals surface area contributed by atoms with E-state index >= 15 is 0 Å². The Morgan fingerprint density at radius 1 is 1.26 bits per heavy atom. The van der Waals surface area contributed by atoms with Crippen LogP contribution in [0.2, 0.25) is 0 Å². The Bertz CT molecular complexity index is 758. The van der Waals surface area contributed by atoms with E-state index in [1.54, 1.807) is 12.1 Å². The van der Waals surface area contributed by atoms with Gasteiger partial charge in [-0.3, -0.25) is 4.79 Å². The van der Waals surface area contributed by atoms with Crippen LogP contribution in [0.15, 0.2) is 59.3 Å². The number of allylic oxidation sites excluding steroid dienone is 2. The van der Waals surface area contributed by atoms with Crippen molar-refractivity contribution in [1.82, 2.24) is 10.2 Å². The van der Waals surface area contributed by atoms with Crippen molar-refractivity contribution in [1.29, 1.82) is 0 Å². The highest BCUT2D eigenvalue weighted by Gasteiger charge is 2.36. The van der Waals surface area contributed by atoms with Crippen molar-refractivity contribution in [3.8, 4) is 0 Å². The zero-order valence-corrected chi connectivity index (χ0v) is 12.6. The summed E-state index contributed by atoms with van der Waals surface area (Å²) in [5, 5.41) is 13.0. The summed E-state index contributed by atoms with van der Waals surface area (Å²) in [7, 11) is 0. The van der Waals surface area contributed by atoms with Gasteiger partial charge in [0.15, 0.2) is 0 Å². The van der Waals surface area contributed by atoms with E-state index in [4.69, 9.17) is 0 Å². The van der Waals surface area contributed by atoms with Gasteiger partial charge in [-0.05, 0) is 48.6 Å². The number of rotatable bonds is 3. The average molecular weight is 312 g/mol. The lowest BCUT2D eigenvalue weighted by atomic mass is 9.99. The molecule has 2 heterocycles. The molecule has 3 aliphatic rings. The van der Waals surface area contributed by atoms with E-state index in [2.05, 4.69) is 10.2 Å². The summed E-state index contributed by atoms with van der Waals surface area (Å²) in [4.78, 5) is 13.8. The first-order valence-corrected chi connectivity index (χ1v) is 7.77. The second kappa shape index (κ2) is 5.26. The number of nitrogens with zero attached hydrogens (tertiary/aromatic N) is 1. The van der Waals surface area contributed by atoms with Crippen molar-refractivity contribution in [2.75, 3.05) is 0 Å². The molecular formula is C18H17FN2O2. The average Bonchev–Trinajstić information content (AvgIpc) is 3.33. The number of fused-ring (bicyclic) bond motifs is 1. The minimum atomic E-state index is -0.251. The van der Waals surface area contributed by atoms with Crippen LogP contribution in [0.1, 0.15) is 24.8 Å². The number of halogens is 1. The second-order valence-electron chi connectivity index (χ2n) is 6.22. The normalized spacial score (nSPS) is 20.7. The molecule has 0 unspecified atom stereocenters. The quantitative estimate of drug-likeness (QED) is 0.902. The molecule has 23 heavy (non-hydrogen) atoms. The number of hydrogen-bond donors (Lipinski definition) is 2. The summed E-state index contributed by atoms with van der Waals surface area (Å²) in [6.45, 7) is 0. The van der Waals surface area contributed by atoms with E-state index in [0.717, 1.165) is 29.7 Å². The molecule has 1 fully saturated rings. The third kappa shape index (κ3) is 2.74. The summed E-state index contributed by atoms with van der Waals surface area (Å²) in [5.74, 6) is -0.320. The minimum Gasteiger partial charge on any atom is -0.510 e. The first-order chi connectivity index (χ1) is 11.1. The fourth-order valence-corrected chi connectivity index (χ4v) is 3.08. The Kier molecular flexibility index (Phi) is 3.22. The van der Waals surface area contributed by atoms with Gasteiger partial charge in [-0.2, -0.15) is 0 Å². The molecule has 1 amide bonds. The van der Waals surface area contributed by atoms with Gasteiger partial charge in [0.2, 0.25) is 5.91 Å². The fourth-order valence-electron chi connectivity index (χ4n) is 3.08. The molecule has 0 spiro atoms. The standard InChI is InChI=1S/C18H17FN2O2/c19-13-3-1-11(2-4-13)7-12-8-15-18(16(22)9-17(23)20-15)21(10-12)14-5-6-14/h1-4,8,10,14,22H,5-7,9H2,(H,20,23). The smallest absolute Gasteiger partial charge is 0.232 e. The predicted octanol–water partition coefficient (Wildman–Crippen LogP) is 2.90. The summed E-state index contributed by atoms with van der Waals surface area (Å²) < 4.78 is 13.0. The zero-order valence-electron chi connectivity index (χ0n) is 12.6. The lowest BCUT2D eigenvalue weighted by molar-refractivity contribution is -0.120. The maximum absolute atomic E-state index is 13.0. The number of carbonyl (C=O) groups excluding carboxylic acids is 1. The van der Waals surface area contributed by atoms with Gasteiger partial charge in [0.25, 0.3) is 0 Å². The van der Waals surface area contributed by atoms with Crippen molar-refractivity contribution >= 4 is 5.91 Å². The van der Waals surface area contributed by atoms with E-state index in [0.29, 0.717) is 18.2 Å². The highest BCUT2D eigenvalue weighted by Crippen LogP contribution is 2.38. The molecule has 0 bridgehead atoms. The first kappa shape index (κ1) is 14.1. The van der Waals surface area contributed by atoms with Crippen LogP contribution in [0.25, 0.3) is 0 Å². The molecular weight excluding hydrogens is 295 g/mol. The van der Waals surface area contributed by atoms with Crippen LogP contribution in [0.3, 0.4) is 0 Å². The fraction of sp³-hybridized carbons (Fsp3) is 0.278. The van der Waals surface area contributed by atoms with Crippen molar-refractivity contribution in [2.24, 2.45) is 0 Å². The van der Waals surface area contributed by atoms with Gasteiger partial charge in [-0.25, -0.2) is 4.39 Å². The lowest BCUT2D eigenvalue weighted by Crippen LogP contribution is -2.37. The van der Waals surface area contributed by atoms with Crippen LogP contribution in [-0.2, 0) is 11.2 Å². The molecule has 1 aromatic rings. The molecule has 0 saturated heterocycles. The highest BCUT2D eigenvalue weighted by molar-refractivity contribution is 5.83. The Hall–Kier alpha value is -2.56. The SMILES string of the molecule is O=C1CC(O)=C2C(=CC(Cc3ccc(F)cc3)=CN2C2CC2)N1. The highest BCUT2D eigenvalue weighted by atomic mass is 19.1. The predicted molar refractivity (Wildman–Crippen MR) is 83.5 cm³/mol. The maximum Gasteiger partial charge on any atom is 0.232 e. The first-order valence-electron chi connectivity index (χ1n) is 7.77. The van der Waals surface area contributed by atoms with Gasteiger partial charge >= 0.3 is 0 Å². The van der Waals surface area contributed by atoms with Crippen LogP contribution in [0, 0.1) is 5.82 Å². The molecule has 1 saturated carbocycles. The molecule has 2 N–H and O–H groups in total. The number of nitrogens with one attached hydrogen (secondary N) is 1. The van der Waals surface area contributed by atoms with Gasteiger partial charge < -0.3 is 15.3 Å². The topological polar surface area (TPSA) is 52.6 Å². The number of carbonyl (C=O) groups is 1. The second-order valence-corrected chi connectivity index (χ2v) is 6.22. The van der Waals surface area contributed by atoms with Crippen molar-refractivity contribution < 1.29 is 14.3 Å². The Morgan fingerprint density at radius 2 is 2.00 bits per heavy atom. The Labute approximate surface area is 133 Å². The third-order valence-corrected chi connectivity index (χ3v) is 4.29. The molecule has 0 aromatic heterocycles. The Morgan fingerprint density at radius 3 is 2.70 bits per heavy atom. The minimum absolute atomic E-state index is 0.0248. The summed E-state index contributed by atoms with van der Waals surface area (Å²) in [6, 6.07) is 6.81. The number of benzene rings is 1. The van der Waals surface area contributed by atoms with E-state index in [9.17, 15) is 14.3 Å². The third-order valence-electron chi connectivity index (χ3n) is 4.29. The largest absolute Gasteiger partial charge is 0.510 e. The van der Waals surface area contributed by atoms with Crippen molar-refractivity contribution in [2.45, 2.75) is 31.7 Å². The van der Waals surface area contributed by atoms with Crippen LogP contribution in [-0.4, -0.2) is 22.0 Å². The summed E-state index contributed by atoms with van der Waals surface area (Å²) >= 11 is 0. The molecule has 118 valence electrons. The van der Waals surface area contributed by atoms with Gasteiger partial charge in [-0.15, -0.1) is 0 Å². The summed E-state index contributed by atoms with van der Waals surface area (Å²) in [5.41, 5.74) is 3.40. The molecule has 2 aliphatic heterocycles. The summed E-state index contributed by atoms with van der Waals surface area (Å²) in [6.07, 6.45) is 6.77. The maximum atomic E-state index is 13.0. The van der Waals surface area contributed by atoms with Crippen LogP contribution >= 0.6 is 0 Å². The van der Waals surface area contributed by atoms with E-state index in [-0.39, 0.29) is 23.9 Å². The number of hydrogen-bond acceptors (Lipinski definition) is 3. The van der Waals surface area contributed by atoms with Crippen LogP contribution < -0.4 is 5.32 Å². The lowest BCUT2D eigenvalue weighted by Gasteiger charge is -2.33. The molecule has 5 heteroatoms. The number of amides is 1. The van der Waals surface area contributed by atoms with Gasteiger partial charge in [0.05, 0.1) is 12.1 Å². The van der Waals surface area contributed by atoms with Crippen LogP contribution in [0.5, 0.6) is 0 Å². The molecule has 1 aliphatic carbocycles. The van der Waals surface area contributed by atoms with Crippen molar-refractivity contribution in [3.05, 3.63) is 70.6 Å². The number of aliphatic hydroxyl groups is 1. The van der Waals surface area contributed by atoms with Crippen LogP contribution in [0.4, 0.5) is 4.39 Å². The van der Waals surface area contributed by atoms with Gasteiger partial charge in [-0.1, -0.05) is 12.1 Å². The monoisotopic (exact) mass is 312 g/mol.